The molecule has 0 unspecified atom stereocenters. The standard InChI is InChI=1S/C9H12N2O/c1-2-11-4-3-7-5-10-6-8(7)9(11)12/h5-6,10H,2-4H2,1H3. The summed E-state index contributed by atoms with van der Waals surface area (Å²) in [5, 5.41) is 0. The van der Waals surface area contributed by atoms with Crippen molar-refractivity contribution in [3.8, 4) is 0 Å². The van der Waals surface area contributed by atoms with Crippen molar-refractivity contribution in [2.24, 2.45) is 0 Å². The van der Waals surface area contributed by atoms with Gasteiger partial charge in [0.15, 0.2) is 0 Å². The molecular weight excluding hydrogens is 152 g/mol. The number of H-pyrrole nitrogens is 1. The summed E-state index contributed by atoms with van der Waals surface area (Å²) >= 11 is 0. The van der Waals surface area contributed by atoms with E-state index in [9.17, 15) is 4.79 Å². The highest BCUT2D eigenvalue weighted by Crippen LogP contribution is 2.17. The Kier molecular flexibility index (Phi) is 1.64. The first-order valence-corrected chi connectivity index (χ1v) is 4.28. The molecule has 12 heavy (non-hydrogen) atoms. The Hall–Kier alpha value is -1.25. The number of carbonyl (C=O) groups is 1. The summed E-state index contributed by atoms with van der Waals surface area (Å²) in [6.07, 6.45) is 4.69. The quantitative estimate of drug-likeness (QED) is 0.661. The minimum absolute atomic E-state index is 0.167. The summed E-state index contributed by atoms with van der Waals surface area (Å²) in [4.78, 5) is 16.5. The lowest BCUT2D eigenvalue weighted by atomic mass is 10.1. The molecule has 0 atom stereocenters. The van der Waals surface area contributed by atoms with Gasteiger partial charge in [-0.3, -0.25) is 4.79 Å². The van der Waals surface area contributed by atoms with E-state index in [4.69, 9.17) is 0 Å². The molecule has 0 spiro atoms. The fraction of sp³-hybridized carbons (Fsp3) is 0.444. The van der Waals surface area contributed by atoms with Gasteiger partial charge in [0, 0.05) is 25.5 Å². The van der Waals surface area contributed by atoms with Gasteiger partial charge in [-0.1, -0.05) is 0 Å². The van der Waals surface area contributed by atoms with Gasteiger partial charge in [0.25, 0.3) is 5.91 Å². The molecule has 0 saturated carbocycles. The molecule has 1 aromatic rings. The number of fused-ring (bicyclic) bond motifs is 1. The summed E-state index contributed by atoms with van der Waals surface area (Å²) < 4.78 is 0. The number of aromatic nitrogens is 1. The molecule has 1 N–H and O–H groups in total. The van der Waals surface area contributed by atoms with Crippen LogP contribution in [-0.4, -0.2) is 28.9 Å². The lowest BCUT2D eigenvalue weighted by Crippen LogP contribution is -2.36. The van der Waals surface area contributed by atoms with Crippen LogP contribution in [0.25, 0.3) is 0 Å². The van der Waals surface area contributed by atoms with Gasteiger partial charge >= 0.3 is 0 Å². The molecule has 1 aromatic heterocycles. The number of nitrogens with zero attached hydrogens (tertiary/aromatic N) is 1. The fourth-order valence-electron chi connectivity index (χ4n) is 1.63. The van der Waals surface area contributed by atoms with Gasteiger partial charge < -0.3 is 9.88 Å². The molecule has 1 aliphatic rings. The maximum Gasteiger partial charge on any atom is 0.255 e. The SMILES string of the molecule is CCN1CCc2c[nH]cc2C1=O. The summed E-state index contributed by atoms with van der Waals surface area (Å²) in [5.41, 5.74) is 2.01. The van der Waals surface area contributed by atoms with Crippen LogP contribution < -0.4 is 0 Å². The minimum atomic E-state index is 0.167. The van der Waals surface area contributed by atoms with Gasteiger partial charge in [-0.15, -0.1) is 0 Å². The van der Waals surface area contributed by atoms with Crippen molar-refractivity contribution >= 4 is 5.91 Å². The Morgan fingerprint density at radius 3 is 3.17 bits per heavy atom. The van der Waals surface area contributed by atoms with Gasteiger partial charge in [-0.05, 0) is 18.9 Å². The molecule has 0 fully saturated rings. The maximum atomic E-state index is 11.6. The Morgan fingerprint density at radius 1 is 1.58 bits per heavy atom. The predicted octanol–water partition coefficient (Wildman–Crippen LogP) is 1.03. The number of likely N-dealkylation sites (N-methyl/N-ethyl adjacent to an activating group) is 1. The number of carbonyl (C=O) groups excluding carboxylic acids is 1. The minimum Gasteiger partial charge on any atom is -0.367 e. The Balaban J connectivity index is 2.35. The molecule has 0 bridgehead atoms. The number of nitrogens with one attached hydrogen (secondary N) is 1. The first kappa shape index (κ1) is 7.40. The monoisotopic (exact) mass is 164 g/mol. The van der Waals surface area contributed by atoms with Gasteiger partial charge in [0.2, 0.25) is 0 Å². The van der Waals surface area contributed by atoms with Crippen LogP contribution >= 0.6 is 0 Å². The summed E-state index contributed by atoms with van der Waals surface area (Å²) in [7, 11) is 0. The third-order valence-corrected chi connectivity index (χ3v) is 2.38. The molecular formula is C9H12N2O. The van der Waals surface area contributed by atoms with E-state index >= 15 is 0 Å². The zero-order chi connectivity index (χ0) is 8.55. The summed E-state index contributed by atoms with van der Waals surface area (Å²) in [6, 6.07) is 0. The van der Waals surface area contributed by atoms with Crippen LogP contribution in [0.2, 0.25) is 0 Å². The van der Waals surface area contributed by atoms with Crippen LogP contribution in [0.1, 0.15) is 22.8 Å². The van der Waals surface area contributed by atoms with Gasteiger partial charge in [-0.2, -0.15) is 0 Å². The number of aromatic amines is 1. The first-order valence-electron chi connectivity index (χ1n) is 4.28. The maximum absolute atomic E-state index is 11.6. The van der Waals surface area contributed by atoms with Crippen molar-refractivity contribution < 1.29 is 4.79 Å². The van der Waals surface area contributed by atoms with E-state index in [0.29, 0.717) is 0 Å². The van der Waals surface area contributed by atoms with Crippen LogP contribution in [0, 0.1) is 0 Å². The van der Waals surface area contributed by atoms with Crippen LogP contribution in [-0.2, 0) is 6.42 Å². The molecule has 0 saturated heterocycles. The van der Waals surface area contributed by atoms with Crippen molar-refractivity contribution in [2.75, 3.05) is 13.1 Å². The van der Waals surface area contributed by atoms with E-state index in [1.54, 1.807) is 6.20 Å². The second-order valence-corrected chi connectivity index (χ2v) is 3.03. The van der Waals surface area contributed by atoms with Crippen molar-refractivity contribution in [3.63, 3.8) is 0 Å². The van der Waals surface area contributed by atoms with Crippen LogP contribution in [0.3, 0.4) is 0 Å². The van der Waals surface area contributed by atoms with Gasteiger partial charge in [-0.25, -0.2) is 0 Å². The molecule has 1 amide bonds. The Labute approximate surface area is 71.4 Å². The van der Waals surface area contributed by atoms with Crippen molar-refractivity contribution in [1.82, 2.24) is 9.88 Å². The summed E-state index contributed by atoms with van der Waals surface area (Å²) in [6.45, 7) is 3.68. The van der Waals surface area contributed by atoms with Gasteiger partial charge in [0.1, 0.15) is 0 Å². The smallest absolute Gasteiger partial charge is 0.255 e. The topological polar surface area (TPSA) is 36.1 Å². The fourth-order valence-corrected chi connectivity index (χ4v) is 1.63. The molecule has 0 radical (unpaired) electrons. The normalized spacial score (nSPS) is 16.4. The van der Waals surface area contributed by atoms with Crippen LogP contribution in [0.4, 0.5) is 0 Å². The van der Waals surface area contributed by atoms with E-state index in [0.717, 1.165) is 30.6 Å². The molecule has 0 aromatic carbocycles. The average Bonchev–Trinajstić information content (AvgIpc) is 2.53. The number of hydrogen-bond acceptors (Lipinski definition) is 1. The van der Waals surface area contributed by atoms with E-state index in [2.05, 4.69) is 4.98 Å². The van der Waals surface area contributed by atoms with Crippen LogP contribution in [0.5, 0.6) is 0 Å². The highest BCUT2D eigenvalue weighted by molar-refractivity contribution is 5.96. The van der Waals surface area contributed by atoms with Crippen LogP contribution in [0.15, 0.2) is 12.4 Å². The summed E-state index contributed by atoms with van der Waals surface area (Å²) in [5.74, 6) is 0.167. The third kappa shape index (κ3) is 0.932. The number of amides is 1. The third-order valence-electron chi connectivity index (χ3n) is 2.38. The van der Waals surface area contributed by atoms with E-state index < -0.39 is 0 Å². The molecule has 64 valence electrons. The molecule has 2 rings (SSSR count). The zero-order valence-corrected chi connectivity index (χ0v) is 7.13. The lowest BCUT2D eigenvalue weighted by molar-refractivity contribution is 0.0750. The Morgan fingerprint density at radius 2 is 2.42 bits per heavy atom. The van der Waals surface area contributed by atoms with E-state index in [1.807, 2.05) is 18.0 Å². The van der Waals surface area contributed by atoms with E-state index in [1.165, 1.54) is 0 Å². The van der Waals surface area contributed by atoms with Crippen molar-refractivity contribution in [3.05, 3.63) is 23.5 Å². The second-order valence-electron chi connectivity index (χ2n) is 3.03. The number of hydrogen-bond donors (Lipinski definition) is 1. The molecule has 2 heterocycles. The highest BCUT2D eigenvalue weighted by Gasteiger charge is 2.22. The number of rotatable bonds is 1. The Bertz CT molecular complexity index is 303. The molecule has 1 aliphatic heterocycles. The van der Waals surface area contributed by atoms with E-state index in [-0.39, 0.29) is 5.91 Å². The molecule has 0 aliphatic carbocycles. The predicted molar refractivity (Wildman–Crippen MR) is 46.1 cm³/mol. The lowest BCUT2D eigenvalue weighted by Gasteiger charge is -2.25. The second kappa shape index (κ2) is 2.66. The zero-order valence-electron chi connectivity index (χ0n) is 7.13. The highest BCUT2D eigenvalue weighted by atomic mass is 16.2. The van der Waals surface area contributed by atoms with Crippen molar-refractivity contribution in [2.45, 2.75) is 13.3 Å². The van der Waals surface area contributed by atoms with Gasteiger partial charge in [0.05, 0.1) is 5.56 Å². The molecule has 3 heteroatoms. The first-order chi connectivity index (χ1) is 5.83. The largest absolute Gasteiger partial charge is 0.367 e. The molecule has 3 nitrogen and oxygen atoms in total. The average molecular weight is 164 g/mol. The van der Waals surface area contributed by atoms with Crippen molar-refractivity contribution in [1.29, 1.82) is 0 Å².